The van der Waals surface area contributed by atoms with Crippen molar-refractivity contribution in [2.45, 2.75) is 50.3 Å². The van der Waals surface area contributed by atoms with E-state index < -0.39 is 5.97 Å². The van der Waals surface area contributed by atoms with Gasteiger partial charge in [0.05, 0.1) is 18.1 Å². The number of carbonyl (C=O) groups is 2. The molecule has 2 fully saturated rings. The molecule has 1 aliphatic heterocycles. The Morgan fingerprint density at radius 2 is 1.85 bits per heavy atom. The lowest BCUT2D eigenvalue weighted by atomic mass is 9.86. The Bertz CT molecular complexity index is 377. The van der Waals surface area contributed by atoms with Crippen LogP contribution in [0.15, 0.2) is 12.7 Å². The van der Waals surface area contributed by atoms with E-state index in [1.54, 1.807) is 6.08 Å². The normalized spacial score (nSPS) is 33.4. The van der Waals surface area contributed by atoms with Crippen LogP contribution >= 0.6 is 0 Å². The summed E-state index contributed by atoms with van der Waals surface area (Å²) in [6, 6.07) is -0.163. The van der Waals surface area contributed by atoms with Gasteiger partial charge in [-0.3, -0.25) is 4.79 Å². The number of nitrogens with one attached hydrogen (secondary N) is 2. The standard InChI is InChI=1S/C14H22N2O4/c1-2-12-11(7-8-20-12)16-14(19)15-10-5-3-9(4-6-10)13(17)18/h2,9-12H,1,3-8H2,(H,17,18)(H2,15,16,19)/t9?,10?,11-,12+/m1/s1. The Morgan fingerprint density at radius 1 is 1.15 bits per heavy atom. The van der Waals surface area contributed by atoms with Crippen molar-refractivity contribution in [3.05, 3.63) is 12.7 Å². The number of carboxylic acid groups (broad SMARTS) is 1. The molecule has 0 aromatic heterocycles. The summed E-state index contributed by atoms with van der Waals surface area (Å²) in [6.07, 6.45) is 5.06. The molecule has 2 rings (SSSR count). The van der Waals surface area contributed by atoms with E-state index in [0.29, 0.717) is 19.4 Å². The average molecular weight is 282 g/mol. The van der Waals surface area contributed by atoms with Crippen molar-refractivity contribution < 1.29 is 19.4 Å². The van der Waals surface area contributed by atoms with Gasteiger partial charge >= 0.3 is 12.0 Å². The summed E-state index contributed by atoms with van der Waals surface area (Å²) >= 11 is 0. The molecule has 2 aliphatic rings. The highest BCUT2D eigenvalue weighted by molar-refractivity contribution is 5.75. The van der Waals surface area contributed by atoms with Gasteiger partial charge in [0.25, 0.3) is 0 Å². The number of urea groups is 1. The second kappa shape index (κ2) is 6.74. The lowest BCUT2D eigenvalue weighted by Crippen LogP contribution is -2.49. The van der Waals surface area contributed by atoms with Gasteiger partial charge in [-0.1, -0.05) is 6.08 Å². The second-order valence-corrected chi connectivity index (χ2v) is 5.47. The van der Waals surface area contributed by atoms with E-state index in [0.717, 1.165) is 19.3 Å². The number of amides is 2. The van der Waals surface area contributed by atoms with Crippen LogP contribution in [-0.2, 0) is 9.53 Å². The van der Waals surface area contributed by atoms with Gasteiger partial charge in [-0.25, -0.2) is 4.79 Å². The summed E-state index contributed by atoms with van der Waals surface area (Å²) < 4.78 is 5.42. The minimum Gasteiger partial charge on any atom is -0.481 e. The summed E-state index contributed by atoms with van der Waals surface area (Å²) in [4.78, 5) is 22.8. The van der Waals surface area contributed by atoms with Gasteiger partial charge in [0, 0.05) is 12.6 Å². The van der Waals surface area contributed by atoms with Crippen LogP contribution in [0.2, 0.25) is 0 Å². The predicted octanol–water partition coefficient (Wildman–Crippen LogP) is 1.27. The monoisotopic (exact) mass is 282 g/mol. The molecule has 0 radical (unpaired) electrons. The molecule has 0 spiro atoms. The smallest absolute Gasteiger partial charge is 0.315 e. The lowest BCUT2D eigenvalue weighted by Gasteiger charge is -2.27. The van der Waals surface area contributed by atoms with Crippen molar-refractivity contribution in [2.75, 3.05) is 6.61 Å². The highest BCUT2D eigenvalue weighted by Gasteiger charge is 2.29. The number of carboxylic acids is 1. The molecule has 2 amide bonds. The van der Waals surface area contributed by atoms with Crippen molar-refractivity contribution >= 4 is 12.0 Å². The molecule has 0 aromatic rings. The zero-order valence-corrected chi connectivity index (χ0v) is 11.5. The zero-order chi connectivity index (χ0) is 14.5. The number of hydrogen-bond donors (Lipinski definition) is 3. The Kier molecular flexibility index (Phi) is 5.00. The Balaban J connectivity index is 1.73. The summed E-state index contributed by atoms with van der Waals surface area (Å²) in [5.41, 5.74) is 0. The fourth-order valence-electron chi connectivity index (χ4n) is 2.88. The van der Waals surface area contributed by atoms with Gasteiger partial charge in [-0.15, -0.1) is 6.58 Å². The van der Waals surface area contributed by atoms with Crippen molar-refractivity contribution in [3.63, 3.8) is 0 Å². The van der Waals surface area contributed by atoms with E-state index in [-0.39, 0.29) is 30.1 Å². The molecule has 1 saturated carbocycles. The fraction of sp³-hybridized carbons (Fsp3) is 0.714. The molecule has 1 aliphatic carbocycles. The summed E-state index contributed by atoms with van der Waals surface area (Å²) in [5.74, 6) is -0.991. The topological polar surface area (TPSA) is 87.7 Å². The number of rotatable bonds is 4. The molecule has 2 atom stereocenters. The average Bonchev–Trinajstić information content (AvgIpc) is 2.86. The fourth-order valence-corrected chi connectivity index (χ4v) is 2.88. The molecule has 0 aromatic carbocycles. The first kappa shape index (κ1) is 14.8. The molecule has 6 heteroatoms. The van der Waals surface area contributed by atoms with Crippen LogP contribution in [-0.4, -0.2) is 41.9 Å². The van der Waals surface area contributed by atoms with Gasteiger partial charge in [0.15, 0.2) is 0 Å². The largest absolute Gasteiger partial charge is 0.481 e. The van der Waals surface area contributed by atoms with Gasteiger partial charge in [-0.2, -0.15) is 0 Å². The van der Waals surface area contributed by atoms with E-state index >= 15 is 0 Å². The maximum Gasteiger partial charge on any atom is 0.315 e. The molecule has 6 nitrogen and oxygen atoms in total. The first-order valence-electron chi connectivity index (χ1n) is 7.14. The van der Waals surface area contributed by atoms with Crippen LogP contribution in [0.1, 0.15) is 32.1 Å². The molecule has 1 saturated heterocycles. The van der Waals surface area contributed by atoms with Crippen molar-refractivity contribution in [1.29, 1.82) is 0 Å². The molecular formula is C14H22N2O4. The minimum atomic E-state index is -0.732. The van der Waals surface area contributed by atoms with E-state index in [2.05, 4.69) is 17.2 Å². The molecular weight excluding hydrogens is 260 g/mol. The van der Waals surface area contributed by atoms with Crippen molar-refractivity contribution in [3.8, 4) is 0 Å². The van der Waals surface area contributed by atoms with Crippen LogP contribution in [0.4, 0.5) is 4.79 Å². The van der Waals surface area contributed by atoms with E-state index in [9.17, 15) is 9.59 Å². The van der Waals surface area contributed by atoms with Gasteiger partial charge in [-0.05, 0) is 32.1 Å². The highest BCUT2D eigenvalue weighted by Crippen LogP contribution is 2.24. The van der Waals surface area contributed by atoms with Gasteiger partial charge < -0.3 is 20.5 Å². The molecule has 1 heterocycles. The lowest BCUT2D eigenvalue weighted by molar-refractivity contribution is -0.142. The van der Waals surface area contributed by atoms with Crippen molar-refractivity contribution in [1.82, 2.24) is 10.6 Å². The molecule has 20 heavy (non-hydrogen) atoms. The minimum absolute atomic E-state index is 0.0251. The Morgan fingerprint density at radius 3 is 2.45 bits per heavy atom. The van der Waals surface area contributed by atoms with Crippen LogP contribution < -0.4 is 10.6 Å². The van der Waals surface area contributed by atoms with Crippen LogP contribution in [0.3, 0.4) is 0 Å². The summed E-state index contributed by atoms with van der Waals surface area (Å²) in [5, 5.41) is 14.7. The van der Waals surface area contributed by atoms with Crippen LogP contribution in [0, 0.1) is 5.92 Å². The Labute approximate surface area is 118 Å². The van der Waals surface area contributed by atoms with Crippen molar-refractivity contribution in [2.24, 2.45) is 5.92 Å². The van der Waals surface area contributed by atoms with Gasteiger partial charge in [0.1, 0.15) is 0 Å². The zero-order valence-electron chi connectivity index (χ0n) is 11.5. The van der Waals surface area contributed by atoms with E-state index in [1.807, 2.05) is 0 Å². The maximum atomic E-state index is 11.9. The first-order chi connectivity index (χ1) is 9.60. The number of aliphatic carboxylic acids is 1. The van der Waals surface area contributed by atoms with Crippen LogP contribution in [0.25, 0.3) is 0 Å². The predicted molar refractivity (Wildman–Crippen MR) is 73.4 cm³/mol. The molecule has 0 bridgehead atoms. The van der Waals surface area contributed by atoms with E-state index in [4.69, 9.17) is 9.84 Å². The Hall–Kier alpha value is -1.56. The molecule has 3 N–H and O–H groups in total. The summed E-state index contributed by atoms with van der Waals surface area (Å²) in [7, 11) is 0. The first-order valence-corrected chi connectivity index (χ1v) is 7.14. The maximum absolute atomic E-state index is 11.9. The van der Waals surface area contributed by atoms with E-state index in [1.165, 1.54) is 0 Å². The SMILES string of the molecule is C=C[C@@H]1OCC[C@H]1NC(=O)NC1CCC(C(=O)O)CC1. The van der Waals surface area contributed by atoms with Gasteiger partial charge in [0.2, 0.25) is 0 Å². The number of hydrogen-bond acceptors (Lipinski definition) is 3. The third-order valence-electron chi connectivity index (χ3n) is 4.10. The number of ether oxygens (including phenoxy) is 1. The quantitative estimate of drug-likeness (QED) is 0.678. The molecule has 0 unspecified atom stereocenters. The second-order valence-electron chi connectivity index (χ2n) is 5.47. The molecule has 112 valence electrons. The van der Waals surface area contributed by atoms with Crippen LogP contribution in [0.5, 0.6) is 0 Å². The summed E-state index contributed by atoms with van der Waals surface area (Å²) in [6.45, 7) is 4.32. The highest BCUT2D eigenvalue weighted by atomic mass is 16.5. The number of carbonyl (C=O) groups excluding carboxylic acids is 1. The third kappa shape index (κ3) is 3.72. The third-order valence-corrected chi connectivity index (χ3v) is 4.10.